The first-order valence-corrected chi connectivity index (χ1v) is 7.89. The van der Waals surface area contributed by atoms with Crippen LogP contribution in [0.3, 0.4) is 0 Å². The van der Waals surface area contributed by atoms with E-state index in [4.69, 9.17) is 9.47 Å². The van der Waals surface area contributed by atoms with E-state index < -0.39 is 0 Å². The van der Waals surface area contributed by atoms with Crippen LogP contribution in [0.2, 0.25) is 0 Å². The maximum absolute atomic E-state index is 5.76. The topological polar surface area (TPSA) is 24.9 Å². The Balaban J connectivity index is 1.60. The minimum Gasteiger partial charge on any atom is -0.492 e. The molecule has 2 rings (SSSR count). The Morgan fingerprint density at radius 2 is 1.50 bits per heavy atom. The Labute approximate surface area is 129 Å². The summed E-state index contributed by atoms with van der Waals surface area (Å²) in [5.74, 6) is 0.937. The van der Waals surface area contributed by atoms with Gasteiger partial charge in [0.25, 0.3) is 0 Å². The van der Waals surface area contributed by atoms with E-state index in [1.54, 1.807) is 7.11 Å². The maximum atomic E-state index is 5.76. The van der Waals surface area contributed by atoms with Gasteiger partial charge in [-0.15, -0.1) is 0 Å². The molecule has 112 valence electrons. The molecule has 0 aromatic heterocycles. The number of benzene rings is 1. The molecule has 1 aromatic carbocycles. The van der Waals surface area contributed by atoms with Crippen LogP contribution < -0.4 is 4.74 Å². The summed E-state index contributed by atoms with van der Waals surface area (Å²) in [7, 11) is 1.76. The molecule has 20 heavy (non-hydrogen) atoms. The van der Waals surface area contributed by atoms with E-state index >= 15 is 0 Å². The highest BCUT2D eigenvalue weighted by molar-refractivity contribution is 9.10. The fourth-order valence-electron chi connectivity index (χ4n) is 2.28. The van der Waals surface area contributed by atoms with Gasteiger partial charge in [-0.2, -0.15) is 0 Å². The lowest BCUT2D eigenvalue weighted by atomic mass is 10.3. The van der Waals surface area contributed by atoms with Crippen molar-refractivity contribution in [3.8, 4) is 5.75 Å². The van der Waals surface area contributed by atoms with E-state index in [2.05, 4.69) is 25.7 Å². The number of rotatable bonds is 7. The van der Waals surface area contributed by atoms with Gasteiger partial charge in [-0.3, -0.25) is 9.80 Å². The Morgan fingerprint density at radius 1 is 0.950 bits per heavy atom. The average Bonchev–Trinajstić information content (AvgIpc) is 2.48. The molecule has 1 aliphatic heterocycles. The molecule has 0 N–H and O–H groups in total. The van der Waals surface area contributed by atoms with Gasteiger partial charge >= 0.3 is 0 Å². The minimum absolute atomic E-state index is 0.750. The van der Waals surface area contributed by atoms with E-state index in [1.807, 2.05) is 24.3 Å². The molecule has 0 radical (unpaired) electrons. The zero-order valence-electron chi connectivity index (χ0n) is 12.1. The van der Waals surface area contributed by atoms with Gasteiger partial charge in [0.05, 0.1) is 6.61 Å². The predicted octanol–water partition coefficient (Wildman–Crippen LogP) is 2.09. The summed E-state index contributed by atoms with van der Waals surface area (Å²) in [5.41, 5.74) is 0. The third kappa shape index (κ3) is 5.40. The van der Waals surface area contributed by atoms with Crippen molar-refractivity contribution in [1.29, 1.82) is 0 Å². The van der Waals surface area contributed by atoms with Crippen molar-refractivity contribution in [2.45, 2.75) is 0 Å². The van der Waals surface area contributed by atoms with Crippen molar-refractivity contribution >= 4 is 15.9 Å². The van der Waals surface area contributed by atoms with Crippen molar-refractivity contribution < 1.29 is 9.47 Å². The van der Waals surface area contributed by atoms with Gasteiger partial charge in [-0.1, -0.05) is 15.9 Å². The van der Waals surface area contributed by atoms with Crippen LogP contribution in [0, 0.1) is 0 Å². The van der Waals surface area contributed by atoms with Crippen LogP contribution in [0.25, 0.3) is 0 Å². The number of hydrogen-bond donors (Lipinski definition) is 0. The molecule has 1 heterocycles. The summed E-state index contributed by atoms with van der Waals surface area (Å²) in [5, 5.41) is 0. The molecule has 1 aliphatic rings. The molecule has 0 bridgehead atoms. The third-order valence-electron chi connectivity index (χ3n) is 3.57. The fraction of sp³-hybridized carbons (Fsp3) is 0.600. The largest absolute Gasteiger partial charge is 0.492 e. The first kappa shape index (κ1) is 15.8. The second-order valence-corrected chi connectivity index (χ2v) is 5.89. The molecule has 0 aliphatic carbocycles. The summed E-state index contributed by atoms with van der Waals surface area (Å²) in [4.78, 5) is 4.91. The summed E-state index contributed by atoms with van der Waals surface area (Å²) in [6.45, 7) is 8.10. The number of hydrogen-bond acceptors (Lipinski definition) is 4. The molecule has 0 unspecified atom stereocenters. The Morgan fingerprint density at radius 3 is 2.05 bits per heavy atom. The van der Waals surface area contributed by atoms with Gasteiger partial charge in [0, 0.05) is 50.9 Å². The molecular formula is C15H23BrN2O2. The van der Waals surface area contributed by atoms with Crippen LogP contribution in [0.1, 0.15) is 0 Å². The third-order valence-corrected chi connectivity index (χ3v) is 4.10. The number of nitrogens with zero attached hydrogens (tertiary/aromatic N) is 2. The summed E-state index contributed by atoms with van der Waals surface area (Å²) in [6, 6.07) is 7.99. The molecular weight excluding hydrogens is 320 g/mol. The van der Waals surface area contributed by atoms with Gasteiger partial charge in [-0.05, 0) is 24.3 Å². The second kappa shape index (κ2) is 8.62. The van der Waals surface area contributed by atoms with Gasteiger partial charge in [0.15, 0.2) is 0 Å². The highest BCUT2D eigenvalue weighted by Crippen LogP contribution is 2.16. The highest BCUT2D eigenvalue weighted by atomic mass is 79.9. The number of ether oxygens (including phenoxy) is 2. The number of piperazine rings is 1. The van der Waals surface area contributed by atoms with Crippen molar-refractivity contribution in [1.82, 2.24) is 9.80 Å². The van der Waals surface area contributed by atoms with Gasteiger partial charge in [0.2, 0.25) is 0 Å². The molecule has 4 nitrogen and oxygen atoms in total. The maximum Gasteiger partial charge on any atom is 0.119 e. The smallest absolute Gasteiger partial charge is 0.119 e. The second-order valence-electron chi connectivity index (χ2n) is 4.98. The van der Waals surface area contributed by atoms with Crippen LogP contribution in [0.4, 0.5) is 0 Å². The highest BCUT2D eigenvalue weighted by Gasteiger charge is 2.15. The van der Waals surface area contributed by atoms with Gasteiger partial charge in [-0.25, -0.2) is 0 Å². The summed E-state index contributed by atoms with van der Waals surface area (Å²) in [6.07, 6.45) is 0. The molecule has 0 amide bonds. The lowest BCUT2D eigenvalue weighted by Gasteiger charge is -2.34. The van der Waals surface area contributed by atoms with E-state index in [0.29, 0.717) is 0 Å². The van der Waals surface area contributed by atoms with Crippen molar-refractivity contribution in [3.63, 3.8) is 0 Å². The van der Waals surface area contributed by atoms with Crippen molar-refractivity contribution in [2.75, 3.05) is 59.6 Å². The van der Waals surface area contributed by atoms with Gasteiger partial charge < -0.3 is 9.47 Å². The molecule has 1 aromatic rings. The van der Waals surface area contributed by atoms with Crippen LogP contribution in [-0.4, -0.2) is 69.4 Å². The van der Waals surface area contributed by atoms with Gasteiger partial charge in [0.1, 0.15) is 12.4 Å². The quantitative estimate of drug-likeness (QED) is 0.757. The first-order valence-electron chi connectivity index (χ1n) is 7.10. The monoisotopic (exact) mass is 342 g/mol. The van der Waals surface area contributed by atoms with Crippen LogP contribution in [0.15, 0.2) is 28.7 Å². The van der Waals surface area contributed by atoms with Crippen molar-refractivity contribution in [2.24, 2.45) is 0 Å². The van der Waals surface area contributed by atoms with E-state index in [-0.39, 0.29) is 0 Å². The zero-order chi connectivity index (χ0) is 14.2. The normalized spacial score (nSPS) is 17.3. The first-order chi connectivity index (χ1) is 9.78. The standard InChI is InChI=1S/C15H23BrN2O2/c1-19-12-10-17-6-8-18(9-7-17)11-13-20-15-4-2-14(16)3-5-15/h2-5H,6-13H2,1H3. The molecule has 0 atom stereocenters. The molecule has 1 fully saturated rings. The molecule has 1 saturated heterocycles. The number of methoxy groups -OCH3 is 1. The molecule has 0 spiro atoms. The van der Waals surface area contributed by atoms with E-state index in [0.717, 1.165) is 62.7 Å². The summed E-state index contributed by atoms with van der Waals surface area (Å²) < 4.78 is 12.0. The van der Waals surface area contributed by atoms with Crippen LogP contribution in [0.5, 0.6) is 5.75 Å². The number of halogens is 1. The van der Waals surface area contributed by atoms with Crippen molar-refractivity contribution in [3.05, 3.63) is 28.7 Å². The average molecular weight is 343 g/mol. The fourth-order valence-corrected chi connectivity index (χ4v) is 2.54. The van der Waals surface area contributed by atoms with E-state index in [9.17, 15) is 0 Å². The molecule has 0 saturated carbocycles. The zero-order valence-corrected chi connectivity index (χ0v) is 13.6. The predicted molar refractivity (Wildman–Crippen MR) is 84.4 cm³/mol. The van der Waals surface area contributed by atoms with Crippen LogP contribution >= 0.6 is 15.9 Å². The van der Waals surface area contributed by atoms with Crippen LogP contribution in [-0.2, 0) is 4.74 Å². The minimum atomic E-state index is 0.750. The lowest BCUT2D eigenvalue weighted by Crippen LogP contribution is -2.48. The lowest BCUT2D eigenvalue weighted by molar-refractivity contribution is 0.0894. The van der Waals surface area contributed by atoms with E-state index in [1.165, 1.54) is 0 Å². The Bertz CT molecular complexity index is 378. The Kier molecular flexibility index (Phi) is 6.79. The summed E-state index contributed by atoms with van der Waals surface area (Å²) >= 11 is 3.42. The SMILES string of the molecule is COCCN1CCN(CCOc2ccc(Br)cc2)CC1. The Hall–Kier alpha value is -0.620. The molecule has 5 heteroatoms.